The number of nitrogens with zero attached hydrogens (tertiary/aromatic N) is 2. The molecule has 0 unspecified atom stereocenters. The van der Waals surface area contributed by atoms with Crippen molar-refractivity contribution in [1.29, 1.82) is 0 Å². The van der Waals surface area contributed by atoms with Gasteiger partial charge in [-0.15, -0.1) is 0 Å². The molecule has 1 aliphatic rings. The lowest BCUT2D eigenvalue weighted by molar-refractivity contribution is -0.139. The molecule has 1 aromatic heterocycles. The van der Waals surface area contributed by atoms with Crippen molar-refractivity contribution in [3.63, 3.8) is 0 Å². The molecule has 0 fully saturated rings. The van der Waals surface area contributed by atoms with Gasteiger partial charge in [-0.2, -0.15) is 0 Å². The second kappa shape index (κ2) is 13.5. The number of ether oxygens (including phenoxy) is 3. The zero-order valence-corrected chi connectivity index (χ0v) is 27.8. The van der Waals surface area contributed by atoms with Gasteiger partial charge in [0, 0.05) is 16.1 Å². The van der Waals surface area contributed by atoms with E-state index in [9.17, 15) is 9.59 Å². The van der Waals surface area contributed by atoms with Crippen LogP contribution in [0.3, 0.4) is 0 Å². The van der Waals surface area contributed by atoms with Gasteiger partial charge < -0.3 is 14.2 Å². The monoisotopic (exact) mass is 728 g/mol. The largest absolute Gasteiger partial charge is 0.491 e. The number of aromatic nitrogens is 1. The Morgan fingerprint density at radius 3 is 2.58 bits per heavy atom. The molecular formula is C33H30ClIN2O5S. The number of para-hydroxylation sites is 1. The summed E-state index contributed by atoms with van der Waals surface area (Å²) in [5, 5.41) is 0.655. The van der Waals surface area contributed by atoms with Crippen molar-refractivity contribution in [3.05, 3.63) is 123 Å². The molecule has 1 atom stereocenters. The number of allylic oxidation sites excluding steroid dienone is 1. The Hall–Kier alpha value is -3.41. The molecule has 0 amide bonds. The van der Waals surface area contributed by atoms with Crippen molar-refractivity contribution in [2.24, 2.45) is 4.99 Å². The van der Waals surface area contributed by atoms with Crippen LogP contribution in [-0.2, 0) is 16.1 Å². The molecule has 10 heteroatoms. The minimum atomic E-state index is -0.756. The molecule has 0 aliphatic carbocycles. The SMILES string of the molecule is CCOC(=O)C1=C(C)N=c2s/c(=C/c3ccc(OCc4ccccc4Cl)c(I)c3)c(=O)n2[C@@H]1c1ccccc1OC(C)C. The Kier molecular flexibility index (Phi) is 9.73. The van der Waals surface area contributed by atoms with Gasteiger partial charge in [-0.1, -0.05) is 65.4 Å². The van der Waals surface area contributed by atoms with Crippen LogP contribution < -0.4 is 24.4 Å². The third kappa shape index (κ3) is 6.73. The summed E-state index contributed by atoms with van der Waals surface area (Å²) in [4.78, 5) is 32.5. The van der Waals surface area contributed by atoms with Crippen LogP contribution in [0, 0.1) is 3.57 Å². The lowest BCUT2D eigenvalue weighted by Gasteiger charge is -2.26. The van der Waals surface area contributed by atoms with Gasteiger partial charge in [0.25, 0.3) is 5.56 Å². The van der Waals surface area contributed by atoms with Gasteiger partial charge in [0.05, 0.1) is 32.1 Å². The third-order valence-corrected chi connectivity index (χ3v) is 8.88. The van der Waals surface area contributed by atoms with Gasteiger partial charge in [0.15, 0.2) is 4.80 Å². The van der Waals surface area contributed by atoms with E-state index in [0.717, 1.165) is 20.4 Å². The topological polar surface area (TPSA) is 79.1 Å². The summed E-state index contributed by atoms with van der Waals surface area (Å²) >= 11 is 9.77. The van der Waals surface area contributed by atoms with Crippen molar-refractivity contribution in [2.75, 3.05) is 6.61 Å². The van der Waals surface area contributed by atoms with Gasteiger partial charge in [-0.3, -0.25) is 9.36 Å². The summed E-state index contributed by atoms with van der Waals surface area (Å²) in [5.74, 6) is 0.801. The highest BCUT2D eigenvalue weighted by Gasteiger charge is 2.35. The van der Waals surface area contributed by atoms with E-state index in [-0.39, 0.29) is 18.3 Å². The molecular weight excluding hydrogens is 699 g/mol. The van der Waals surface area contributed by atoms with Gasteiger partial charge in [0.2, 0.25) is 0 Å². The van der Waals surface area contributed by atoms with Crippen LogP contribution in [0.1, 0.15) is 50.4 Å². The maximum atomic E-state index is 14.0. The highest BCUT2D eigenvalue weighted by molar-refractivity contribution is 14.1. The molecule has 0 radical (unpaired) electrons. The van der Waals surface area contributed by atoms with E-state index in [2.05, 4.69) is 27.6 Å². The summed E-state index contributed by atoms with van der Waals surface area (Å²) in [5.41, 5.74) is 2.99. The maximum Gasteiger partial charge on any atom is 0.338 e. The van der Waals surface area contributed by atoms with Gasteiger partial charge in [-0.05, 0) is 86.2 Å². The van der Waals surface area contributed by atoms with E-state index in [1.807, 2.05) is 86.7 Å². The van der Waals surface area contributed by atoms with E-state index in [1.165, 1.54) is 11.3 Å². The van der Waals surface area contributed by atoms with Crippen LogP contribution in [0.5, 0.6) is 11.5 Å². The lowest BCUT2D eigenvalue weighted by atomic mass is 9.95. The van der Waals surface area contributed by atoms with E-state index in [4.69, 9.17) is 25.8 Å². The second-order valence-corrected chi connectivity index (χ2v) is 12.7. The third-order valence-electron chi connectivity index (χ3n) is 6.69. The standard InChI is InChI=1S/C33H30ClIN2O5S/c1-5-40-32(39)29-20(4)36-33-37(30(29)23-11-7-9-13-26(23)42-19(2)3)31(38)28(43-33)17-21-14-15-27(25(35)16-21)41-18-22-10-6-8-12-24(22)34/h6-17,19,30H,5,18H2,1-4H3/b28-17+/t30-/m1/s1. The van der Waals surface area contributed by atoms with Gasteiger partial charge in [0.1, 0.15) is 24.1 Å². The number of thiazole rings is 1. The van der Waals surface area contributed by atoms with Crippen LogP contribution in [0.2, 0.25) is 5.02 Å². The van der Waals surface area contributed by atoms with Crippen molar-refractivity contribution in [2.45, 2.75) is 46.4 Å². The average molecular weight is 729 g/mol. The van der Waals surface area contributed by atoms with Crippen LogP contribution in [-0.4, -0.2) is 23.2 Å². The molecule has 2 heterocycles. The molecule has 0 saturated carbocycles. The highest BCUT2D eigenvalue weighted by atomic mass is 127. The van der Waals surface area contributed by atoms with Gasteiger partial charge in [-0.25, -0.2) is 9.79 Å². The first kappa shape index (κ1) is 31.0. The molecule has 1 aliphatic heterocycles. The van der Waals surface area contributed by atoms with Crippen LogP contribution in [0.4, 0.5) is 0 Å². The Morgan fingerprint density at radius 1 is 1.12 bits per heavy atom. The van der Waals surface area contributed by atoms with Crippen molar-refractivity contribution < 1.29 is 19.0 Å². The fraction of sp³-hybridized carbons (Fsp3) is 0.242. The molecule has 0 bridgehead atoms. The Bertz CT molecular complexity index is 1900. The summed E-state index contributed by atoms with van der Waals surface area (Å²) < 4.78 is 20.5. The van der Waals surface area contributed by atoms with E-state index >= 15 is 0 Å². The number of carbonyl (C=O) groups excluding carboxylic acids is 1. The molecule has 5 rings (SSSR count). The fourth-order valence-corrected chi connectivity index (χ4v) is 6.73. The van der Waals surface area contributed by atoms with Crippen molar-refractivity contribution in [1.82, 2.24) is 4.57 Å². The van der Waals surface area contributed by atoms with E-state index in [0.29, 0.717) is 43.5 Å². The highest BCUT2D eigenvalue weighted by Crippen LogP contribution is 2.36. The summed E-state index contributed by atoms with van der Waals surface area (Å²) in [7, 11) is 0. The molecule has 0 spiro atoms. The molecule has 43 heavy (non-hydrogen) atoms. The number of carbonyl (C=O) groups is 1. The van der Waals surface area contributed by atoms with Crippen LogP contribution in [0.25, 0.3) is 6.08 Å². The average Bonchev–Trinajstić information content (AvgIpc) is 3.26. The minimum Gasteiger partial charge on any atom is -0.491 e. The number of rotatable bonds is 9. The zero-order chi connectivity index (χ0) is 30.7. The zero-order valence-electron chi connectivity index (χ0n) is 24.1. The fourth-order valence-electron chi connectivity index (χ4n) is 4.80. The maximum absolute atomic E-state index is 14.0. The smallest absolute Gasteiger partial charge is 0.338 e. The first-order valence-electron chi connectivity index (χ1n) is 13.8. The Labute approximate surface area is 272 Å². The molecule has 222 valence electrons. The van der Waals surface area contributed by atoms with Crippen LogP contribution in [0.15, 0.2) is 87.8 Å². The van der Waals surface area contributed by atoms with E-state index in [1.54, 1.807) is 18.4 Å². The number of halogens is 2. The van der Waals surface area contributed by atoms with Crippen LogP contribution >= 0.6 is 45.5 Å². The second-order valence-electron chi connectivity index (χ2n) is 10.1. The quantitative estimate of drug-likeness (QED) is 0.147. The number of fused-ring (bicyclic) bond motifs is 1. The Balaban J connectivity index is 1.56. The molecule has 3 aromatic carbocycles. The summed E-state index contributed by atoms with van der Waals surface area (Å²) in [6, 6.07) is 20.0. The normalized spacial score (nSPS) is 14.9. The minimum absolute atomic E-state index is 0.104. The number of hydrogen-bond acceptors (Lipinski definition) is 7. The molecule has 0 saturated heterocycles. The van der Waals surface area contributed by atoms with Crippen molar-refractivity contribution >= 4 is 57.6 Å². The lowest BCUT2D eigenvalue weighted by Crippen LogP contribution is -2.40. The summed E-state index contributed by atoms with van der Waals surface area (Å²) in [6.45, 7) is 7.94. The number of esters is 1. The summed E-state index contributed by atoms with van der Waals surface area (Å²) in [6.07, 6.45) is 1.73. The Morgan fingerprint density at radius 2 is 1.86 bits per heavy atom. The van der Waals surface area contributed by atoms with E-state index < -0.39 is 12.0 Å². The van der Waals surface area contributed by atoms with Crippen molar-refractivity contribution in [3.8, 4) is 11.5 Å². The predicted molar refractivity (Wildman–Crippen MR) is 178 cm³/mol. The number of hydrogen-bond donors (Lipinski definition) is 0. The first-order chi connectivity index (χ1) is 20.7. The number of benzene rings is 3. The van der Waals surface area contributed by atoms with Gasteiger partial charge >= 0.3 is 5.97 Å². The first-order valence-corrected chi connectivity index (χ1v) is 16.1. The molecule has 7 nitrogen and oxygen atoms in total. The predicted octanol–water partition coefficient (Wildman–Crippen LogP) is 6.42. The molecule has 0 N–H and O–H groups in total. The molecule has 4 aromatic rings.